The summed E-state index contributed by atoms with van der Waals surface area (Å²) in [4.78, 5) is 28.4. The topological polar surface area (TPSA) is 58.6 Å². The molecular formula is C29H31BrCl2N2O3. The van der Waals surface area contributed by atoms with Crippen LogP contribution in [-0.4, -0.2) is 35.9 Å². The number of nitrogens with zero attached hydrogens (tertiary/aromatic N) is 1. The normalized spacial score (nSPS) is 11.8. The van der Waals surface area contributed by atoms with Crippen molar-refractivity contribution in [2.45, 2.75) is 45.7 Å². The van der Waals surface area contributed by atoms with E-state index >= 15 is 0 Å². The van der Waals surface area contributed by atoms with Gasteiger partial charge in [0.2, 0.25) is 5.91 Å². The number of carbonyl (C=O) groups is 2. The van der Waals surface area contributed by atoms with Crippen molar-refractivity contribution in [1.82, 2.24) is 10.2 Å². The van der Waals surface area contributed by atoms with E-state index in [9.17, 15) is 9.59 Å². The van der Waals surface area contributed by atoms with Crippen LogP contribution < -0.4 is 10.1 Å². The molecule has 0 heterocycles. The summed E-state index contributed by atoms with van der Waals surface area (Å²) in [6.07, 6.45) is 0.354. The molecule has 0 fully saturated rings. The van der Waals surface area contributed by atoms with E-state index in [2.05, 4.69) is 35.1 Å². The van der Waals surface area contributed by atoms with E-state index in [-0.39, 0.29) is 25.0 Å². The van der Waals surface area contributed by atoms with Gasteiger partial charge in [-0.2, -0.15) is 0 Å². The van der Waals surface area contributed by atoms with Gasteiger partial charge in [-0.1, -0.05) is 79.5 Å². The van der Waals surface area contributed by atoms with E-state index in [1.165, 1.54) is 0 Å². The van der Waals surface area contributed by atoms with Gasteiger partial charge in [0.1, 0.15) is 11.8 Å². The number of carbonyl (C=O) groups excluding carboxylic acids is 2. The Morgan fingerprint density at radius 3 is 2.32 bits per heavy atom. The van der Waals surface area contributed by atoms with Crippen molar-refractivity contribution >= 4 is 50.9 Å². The smallest absolute Gasteiger partial charge is 0.261 e. The summed E-state index contributed by atoms with van der Waals surface area (Å²) in [7, 11) is 0. The monoisotopic (exact) mass is 604 g/mol. The van der Waals surface area contributed by atoms with E-state index < -0.39 is 6.04 Å². The van der Waals surface area contributed by atoms with Crippen LogP contribution in [0.3, 0.4) is 0 Å². The molecule has 0 aromatic heterocycles. The Morgan fingerprint density at radius 2 is 1.70 bits per heavy atom. The Bertz CT molecular complexity index is 1220. The zero-order valence-electron chi connectivity index (χ0n) is 21.1. The number of amides is 2. The molecule has 3 aromatic rings. The molecule has 0 aliphatic rings. The number of hydrogen-bond acceptors (Lipinski definition) is 3. The van der Waals surface area contributed by atoms with Gasteiger partial charge in [-0.3, -0.25) is 9.59 Å². The first-order chi connectivity index (χ1) is 17.7. The van der Waals surface area contributed by atoms with Crippen molar-refractivity contribution in [3.63, 3.8) is 0 Å². The molecule has 196 valence electrons. The van der Waals surface area contributed by atoms with Crippen LogP contribution in [0.15, 0.2) is 71.2 Å². The lowest BCUT2D eigenvalue weighted by Crippen LogP contribution is -2.51. The second kappa shape index (κ2) is 13.8. The zero-order chi connectivity index (χ0) is 26.9. The van der Waals surface area contributed by atoms with Gasteiger partial charge in [-0.05, 0) is 69.7 Å². The van der Waals surface area contributed by atoms with E-state index in [0.717, 1.165) is 21.2 Å². The van der Waals surface area contributed by atoms with Crippen molar-refractivity contribution in [1.29, 1.82) is 0 Å². The van der Waals surface area contributed by atoms with Gasteiger partial charge >= 0.3 is 0 Å². The molecule has 37 heavy (non-hydrogen) atoms. The molecule has 1 atom stereocenters. The highest BCUT2D eigenvalue weighted by Crippen LogP contribution is 2.29. The van der Waals surface area contributed by atoms with Crippen LogP contribution in [0.25, 0.3) is 0 Å². The molecule has 0 saturated heterocycles. The van der Waals surface area contributed by atoms with E-state index in [4.69, 9.17) is 27.9 Å². The first-order valence-electron chi connectivity index (χ1n) is 12.2. The van der Waals surface area contributed by atoms with Gasteiger partial charge in [-0.25, -0.2) is 0 Å². The summed E-state index contributed by atoms with van der Waals surface area (Å²) in [6.45, 7) is 6.46. The van der Waals surface area contributed by atoms with Crippen LogP contribution in [0, 0.1) is 0 Å². The third kappa shape index (κ3) is 8.22. The standard InChI is InChI=1S/C29H31BrCl2N2O3/c1-4-33-29(36)26(15-20-8-6-5-7-9-20)34(17-21-10-12-24(31)25(32)14-21)28(35)18-37-27-13-11-22(19(2)3)16-23(27)30/h5-14,16,19,26H,4,15,17-18H2,1-3H3,(H,33,36)/t26-/m1/s1. The lowest BCUT2D eigenvalue weighted by Gasteiger charge is -2.31. The molecule has 5 nitrogen and oxygen atoms in total. The summed E-state index contributed by atoms with van der Waals surface area (Å²) in [5.41, 5.74) is 2.86. The fourth-order valence-electron chi connectivity index (χ4n) is 3.90. The Kier molecular flexibility index (Phi) is 10.9. The van der Waals surface area contributed by atoms with Crippen LogP contribution in [0.1, 0.15) is 43.4 Å². The molecule has 1 N–H and O–H groups in total. The highest BCUT2D eigenvalue weighted by atomic mass is 79.9. The summed E-state index contributed by atoms with van der Waals surface area (Å²) >= 11 is 15.9. The summed E-state index contributed by atoms with van der Waals surface area (Å²) in [5, 5.41) is 3.68. The second-order valence-electron chi connectivity index (χ2n) is 9.00. The molecule has 3 rings (SSSR count). The molecule has 0 spiro atoms. The average molecular weight is 606 g/mol. The van der Waals surface area contributed by atoms with Crippen molar-refractivity contribution in [2.24, 2.45) is 0 Å². The summed E-state index contributed by atoms with van der Waals surface area (Å²) in [5.74, 6) is 0.370. The minimum atomic E-state index is -0.750. The highest BCUT2D eigenvalue weighted by molar-refractivity contribution is 9.10. The lowest BCUT2D eigenvalue weighted by atomic mass is 10.0. The van der Waals surface area contributed by atoms with E-state index in [1.807, 2.05) is 55.5 Å². The fourth-order valence-corrected chi connectivity index (χ4v) is 4.73. The van der Waals surface area contributed by atoms with Gasteiger partial charge < -0.3 is 15.0 Å². The molecule has 2 amide bonds. The van der Waals surface area contributed by atoms with Gasteiger partial charge in [0.05, 0.1) is 14.5 Å². The van der Waals surface area contributed by atoms with Gasteiger partial charge in [0, 0.05) is 19.5 Å². The fraction of sp³-hybridized carbons (Fsp3) is 0.310. The van der Waals surface area contributed by atoms with Gasteiger partial charge in [0.25, 0.3) is 5.91 Å². The largest absolute Gasteiger partial charge is 0.483 e. The molecule has 3 aromatic carbocycles. The third-order valence-electron chi connectivity index (χ3n) is 5.93. The van der Waals surface area contributed by atoms with Gasteiger partial charge in [0.15, 0.2) is 6.61 Å². The third-order valence-corrected chi connectivity index (χ3v) is 7.29. The predicted octanol–water partition coefficient (Wildman–Crippen LogP) is 7.03. The maximum absolute atomic E-state index is 13.6. The Morgan fingerprint density at radius 1 is 0.973 bits per heavy atom. The van der Waals surface area contributed by atoms with E-state index in [1.54, 1.807) is 23.1 Å². The number of ether oxygens (including phenoxy) is 1. The van der Waals surface area contributed by atoms with Gasteiger partial charge in [-0.15, -0.1) is 0 Å². The van der Waals surface area contributed by atoms with Crippen molar-refractivity contribution in [3.8, 4) is 5.75 Å². The number of rotatable bonds is 11. The van der Waals surface area contributed by atoms with Crippen LogP contribution in [0.4, 0.5) is 0 Å². The van der Waals surface area contributed by atoms with Crippen LogP contribution in [0.2, 0.25) is 10.0 Å². The quantitative estimate of drug-likeness (QED) is 0.255. The molecule has 0 unspecified atom stereocenters. The number of halogens is 3. The Hall–Kier alpha value is -2.54. The van der Waals surface area contributed by atoms with Crippen LogP contribution >= 0.6 is 39.1 Å². The molecule has 0 aliphatic carbocycles. The maximum atomic E-state index is 13.6. The first-order valence-corrected chi connectivity index (χ1v) is 13.7. The maximum Gasteiger partial charge on any atom is 0.261 e. The molecule has 8 heteroatoms. The van der Waals surface area contributed by atoms with Crippen molar-refractivity contribution in [2.75, 3.05) is 13.2 Å². The molecular weight excluding hydrogens is 575 g/mol. The molecule has 0 bridgehead atoms. The minimum Gasteiger partial charge on any atom is -0.483 e. The number of benzene rings is 3. The lowest BCUT2D eigenvalue weighted by molar-refractivity contribution is -0.142. The van der Waals surface area contributed by atoms with Crippen LogP contribution in [0.5, 0.6) is 5.75 Å². The minimum absolute atomic E-state index is 0.168. The number of likely N-dealkylation sites (N-methyl/N-ethyl adjacent to an activating group) is 1. The zero-order valence-corrected chi connectivity index (χ0v) is 24.2. The number of hydrogen-bond donors (Lipinski definition) is 1. The SMILES string of the molecule is CCNC(=O)[C@@H](Cc1ccccc1)N(Cc1ccc(Cl)c(Cl)c1)C(=O)COc1ccc(C(C)C)cc1Br. The molecule has 0 aliphatic heterocycles. The molecule has 0 radical (unpaired) electrons. The Labute approximate surface area is 237 Å². The van der Waals surface area contributed by atoms with Crippen LogP contribution in [-0.2, 0) is 22.6 Å². The molecule has 0 saturated carbocycles. The highest BCUT2D eigenvalue weighted by Gasteiger charge is 2.30. The van der Waals surface area contributed by atoms with Crippen molar-refractivity contribution in [3.05, 3.63) is 97.9 Å². The average Bonchev–Trinajstić information content (AvgIpc) is 2.88. The summed E-state index contributed by atoms with van der Waals surface area (Å²) < 4.78 is 6.69. The first kappa shape index (κ1) is 29.0. The summed E-state index contributed by atoms with van der Waals surface area (Å²) in [6, 6.07) is 19.9. The van der Waals surface area contributed by atoms with E-state index in [0.29, 0.717) is 34.7 Å². The second-order valence-corrected chi connectivity index (χ2v) is 10.7. The Balaban J connectivity index is 1.90. The number of nitrogens with one attached hydrogen (secondary N) is 1. The predicted molar refractivity (Wildman–Crippen MR) is 153 cm³/mol. The van der Waals surface area contributed by atoms with Crippen molar-refractivity contribution < 1.29 is 14.3 Å².